The molecule has 0 aliphatic carbocycles. The van der Waals surface area contributed by atoms with E-state index >= 15 is 0 Å². The molecule has 0 radical (unpaired) electrons. The topological polar surface area (TPSA) is 75.2 Å². The molecule has 7 heteroatoms. The highest BCUT2D eigenvalue weighted by Gasteiger charge is 2.29. The lowest BCUT2D eigenvalue weighted by atomic mass is 9.89. The molecule has 0 spiro atoms. The molecular weight excluding hydrogens is 322 g/mol. The predicted molar refractivity (Wildman–Crippen MR) is 92.8 cm³/mol. The Morgan fingerprint density at radius 2 is 2.20 bits per heavy atom. The number of piperidine rings is 1. The average Bonchev–Trinajstić information content (AvgIpc) is 3.31. The fourth-order valence-corrected chi connectivity index (χ4v) is 3.95. The molecule has 7 nitrogen and oxygen atoms in total. The van der Waals surface area contributed by atoms with Gasteiger partial charge in [0.1, 0.15) is 18.5 Å². The molecule has 0 amide bonds. The summed E-state index contributed by atoms with van der Waals surface area (Å²) in [6, 6.07) is 6.05. The van der Waals surface area contributed by atoms with E-state index in [9.17, 15) is 5.11 Å². The van der Waals surface area contributed by atoms with E-state index in [0.717, 1.165) is 25.4 Å². The molecule has 3 heterocycles. The predicted octanol–water partition coefficient (Wildman–Crippen LogP) is 0.734. The van der Waals surface area contributed by atoms with Crippen LogP contribution in [0.25, 0.3) is 0 Å². The summed E-state index contributed by atoms with van der Waals surface area (Å²) in [4.78, 5) is 2.36. The molecule has 2 fully saturated rings. The van der Waals surface area contributed by atoms with Gasteiger partial charge in [-0.2, -0.15) is 0 Å². The van der Waals surface area contributed by atoms with Crippen LogP contribution in [-0.2, 0) is 0 Å². The first-order chi connectivity index (χ1) is 12.3. The first kappa shape index (κ1) is 16.9. The van der Waals surface area contributed by atoms with Crippen LogP contribution < -0.4 is 25.1 Å². The van der Waals surface area contributed by atoms with Crippen LogP contribution >= 0.6 is 0 Å². The number of likely N-dealkylation sites (tertiary alicyclic amines) is 1. The zero-order valence-electron chi connectivity index (χ0n) is 14.4. The summed E-state index contributed by atoms with van der Waals surface area (Å²) in [6.07, 6.45) is 3.14. The summed E-state index contributed by atoms with van der Waals surface area (Å²) in [7, 11) is 0. The van der Waals surface area contributed by atoms with Crippen molar-refractivity contribution in [3.05, 3.63) is 18.2 Å². The van der Waals surface area contributed by atoms with Gasteiger partial charge in [-0.05, 0) is 43.9 Å². The Kier molecular flexibility index (Phi) is 5.26. The number of nitrogens with one attached hydrogen (secondary N) is 2. The highest BCUT2D eigenvalue weighted by Crippen LogP contribution is 2.35. The van der Waals surface area contributed by atoms with Gasteiger partial charge in [0.15, 0.2) is 11.5 Å². The molecule has 3 aliphatic rings. The highest BCUT2D eigenvalue weighted by molar-refractivity contribution is 5.46. The minimum absolute atomic E-state index is 0.253. The minimum atomic E-state index is -0.501. The van der Waals surface area contributed by atoms with Crippen LogP contribution in [0.15, 0.2) is 18.2 Å². The quantitative estimate of drug-likeness (QED) is 0.699. The SMILES string of the molecule is OC(COc1ccc2c(c1)OCO2)CN1CCCC(C2CCNN2)C1. The van der Waals surface area contributed by atoms with Crippen LogP contribution in [-0.4, -0.2) is 61.7 Å². The lowest BCUT2D eigenvalue weighted by Crippen LogP contribution is -2.47. The smallest absolute Gasteiger partial charge is 0.231 e. The van der Waals surface area contributed by atoms with Crippen molar-refractivity contribution in [2.75, 3.05) is 39.6 Å². The van der Waals surface area contributed by atoms with E-state index in [0.29, 0.717) is 30.0 Å². The molecular formula is C18H27N3O4. The molecule has 3 unspecified atom stereocenters. The molecule has 0 aromatic heterocycles. The van der Waals surface area contributed by atoms with Gasteiger partial charge < -0.3 is 24.2 Å². The third kappa shape index (κ3) is 4.17. The number of benzene rings is 1. The summed E-state index contributed by atoms with van der Waals surface area (Å²) in [5.41, 5.74) is 6.61. The third-order valence-corrected chi connectivity index (χ3v) is 5.23. The molecule has 3 N–H and O–H groups in total. The zero-order valence-corrected chi connectivity index (χ0v) is 14.4. The van der Waals surface area contributed by atoms with E-state index in [-0.39, 0.29) is 13.4 Å². The van der Waals surface area contributed by atoms with Crippen molar-refractivity contribution in [2.24, 2.45) is 5.92 Å². The van der Waals surface area contributed by atoms with Gasteiger partial charge in [0.25, 0.3) is 0 Å². The van der Waals surface area contributed by atoms with Crippen molar-refractivity contribution in [1.82, 2.24) is 15.8 Å². The Morgan fingerprint density at radius 1 is 1.28 bits per heavy atom. The molecule has 138 valence electrons. The van der Waals surface area contributed by atoms with Gasteiger partial charge in [0.2, 0.25) is 6.79 Å². The summed E-state index contributed by atoms with van der Waals surface area (Å²) < 4.78 is 16.4. The van der Waals surface area contributed by atoms with Crippen LogP contribution in [0.1, 0.15) is 19.3 Å². The fraction of sp³-hybridized carbons (Fsp3) is 0.667. The Bertz CT molecular complexity index is 579. The Labute approximate surface area is 148 Å². The van der Waals surface area contributed by atoms with E-state index in [1.807, 2.05) is 18.2 Å². The second-order valence-corrected chi connectivity index (χ2v) is 7.11. The van der Waals surface area contributed by atoms with Crippen LogP contribution in [0.5, 0.6) is 17.2 Å². The number of ether oxygens (including phenoxy) is 3. The normalized spacial score (nSPS) is 27.4. The third-order valence-electron chi connectivity index (χ3n) is 5.23. The van der Waals surface area contributed by atoms with Crippen molar-refractivity contribution in [2.45, 2.75) is 31.4 Å². The lowest BCUT2D eigenvalue weighted by molar-refractivity contribution is 0.0475. The van der Waals surface area contributed by atoms with Crippen LogP contribution in [0.4, 0.5) is 0 Å². The molecule has 0 saturated carbocycles. The molecule has 3 atom stereocenters. The largest absolute Gasteiger partial charge is 0.491 e. The van der Waals surface area contributed by atoms with E-state index in [1.54, 1.807) is 0 Å². The Balaban J connectivity index is 1.23. The molecule has 1 aromatic rings. The van der Waals surface area contributed by atoms with Crippen molar-refractivity contribution in [3.63, 3.8) is 0 Å². The van der Waals surface area contributed by atoms with E-state index in [2.05, 4.69) is 15.8 Å². The van der Waals surface area contributed by atoms with Gasteiger partial charge in [-0.15, -0.1) is 0 Å². The number of β-amino-alcohol motifs (C(OH)–C–C–N with tert-alkyl or cyclic N) is 1. The van der Waals surface area contributed by atoms with Crippen molar-refractivity contribution in [1.29, 1.82) is 0 Å². The standard InChI is InChI=1S/C18H27N3O4/c22-14(11-23-15-3-4-17-18(8-15)25-12-24-17)10-21-7-1-2-13(9-21)16-5-6-19-20-16/h3-4,8,13-14,16,19-20,22H,1-2,5-7,9-12H2. The van der Waals surface area contributed by atoms with Gasteiger partial charge in [0, 0.05) is 31.7 Å². The number of aliphatic hydroxyl groups excluding tert-OH is 1. The lowest BCUT2D eigenvalue weighted by Gasteiger charge is -2.36. The van der Waals surface area contributed by atoms with Crippen molar-refractivity contribution < 1.29 is 19.3 Å². The number of hydrogen-bond donors (Lipinski definition) is 3. The first-order valence-corrected chi connectivity index (χ1v) is 9.19. The average molecular weight is 349 g/mol. The van der Waals surface area contributed by atoms with Gasteiger partial charge in [-0.1, -0.05) is 0 Å². The van der Waals surface area contributed by atoms with E-state index in [1.165, 1.54) is 19.3 Å². The first-order valence-electron chi connectivity index (χ1n) is 9.19. The summed E-state index contributed by atoms with van der Waals surface area (Å²) >= 11 is 0. The van der Waals surface area contributed by atoms with Crippen LogP contribution in [0.3, 0.4) is 0 Å². The zero-order chi connectivity index (χ0) is 17.1. The van der Waals surface area contributed by atoms with Crippen LogP contribution in [0, 0.1) is 5.92 Å². The maximum Gasteiger partial charge on any atom is 0.231 e. The second kappa shape index (κ2) is 7.78. The summed E-state index contributed by atoms with van der Waals surface area (Å²) in [5, 5.41) is 10.4. The molecule has 0 bridgehead atoms. The van der Waals surface area contributed by atoms with Gasteiger partial charge in [0.05, 0.1) is 0 Å². The molecule has 3 aliphatic heterocycles. The minimum Gasteiger partial charge on any atom is -0.491 e. The maximum atomic E-state index is 10.4. The molecule has 1 aromatic carbocycles. The molecule has 2 saturated heterocycles. The van der Waals surface area contributed by atoms with Gasteiger partial charge in [-0.25, -0.2) is 0 Å². The maximum absolute atomic E-state index is 10.4. The number of rotatable bonds is 6. The monoisotopic (exact) mass is 349 g/mol. The number of fused-ring (bicyclic) bond motifs is 1. The number of nitrogens with zero attached hydrogens (tertiary/aromatic N) is 1. The number of hydrazine groups is 1. The second-order valence-electron chi connectivity index (χ2n) is 7.11. The molecule has 25 heavy (non-hydrogen) atoms. The molecule has 4 rings (SSSR count). The van der Waals surface area contributed by atoms with Crippen LogP contribution in [0.2, 0.25) is 0 Å². The van der Waals surface area contributed by atoms with E-state index < -0.39 is 6.10 Å². The highest BCUT2D eigenvalue weighted by atomic mass is 16.7. The Hall–Kier alpha value is -1.54. The fourth-order valence-electron chi connectivity index (χ4n) is 3.95. The van der Waals surface area contributed by atoms with Crippen molar-refractivity contribution >= 4 is 0 Å². The number of aliphatic hydroxyl groups is 1. The van der Waals surface area contributed by atoms with Gasteiger partial charge >= 0.3 is 0 Å². The summed E-state index contributed by atoms with van der Waals surface area (Å²) in [6.45, 7) is 4.33. The van der Waals surface area contributed by atoms with Crippen molar-refractivity contribution in [3.8, 4) is 17.2 Å². The Morgan fingerprint density at radius 3 is 3.08 bits per heavy atom. The summed E-state index contributed by atoms with van der Waals surface area (Å²) in [5.74, 6) is 2.79. The number of hydrogen-bond acceptors (Lipinski definition) is 7. The van der Waals surface area contributed by atoms with Gasteiger partial charge in [-0.3, -0.25) is 10.9 Å². The van der Waals surface area contributed by atoms with E-state index in [4.69, 9.17) is 14.2 Å².